The van der Waals surface area contributed by atoms with E-state index in [1.807, 2.05) is 0 Å². The highest BCUT2D eigenvalue weighted by atomic mass is 32.2. The molecule has 0 saturated heterocycles. The molecule has 0 bridgehead atoms. The number of nitrogens with one attached hydrogen (secondary N) is 1. The van der Waals surface area contributed by atoms with Gasteiger partial charge in [0.05, 0.1) is 15.5 Å². The first-order valence-electron chi connectivity index (χ1n) is 8.56. The average Bonchev–Trinajstić information content (AvgIpc) is 3.22. The van der Waals surface area contributed by atoms with Crippen LogP contribution in [0.1, 0.15) is 31.0 Å². The van der Waals surface area contributed by atoms with E-state index in [0.29, 0.717) is 12.0 Å². The van der Waals surface area contributed by atoms with Gasteiger partial charge >= 0.3 is 0 Å². The molecule has 3 aromatic rings. The summed E-state index contributed by atoms with van der Waals surface area (Å²) in [6.45, 7) is 3.51. The van der Waals surface area contributed by atoms with Crippen molar-refractivity contribution in [3.05, 3.63) is 76.4 Å². The van der Waals surface area contributed by atoms with Gasteiger partial charge in [0, 0.05) is 18.2 Å². The Balaban J connectivity index is 1.86. The number of aromatic nitrogens is 3. The van der Waals surface area contributed by atoms with Crippen LogP contribution in [-0.4, -0.2) is 28.1 Å². The molecular formula is C18H19N5O4S. The van der Waals surface area contributed by atoms with Crippen LogP contribution in [0.5, 0.6) is 0 Å². The quantitative estimate of drug-likeness (QED) is 0.480. The number of non-ortho nitro benzene ring substituents is 1. The summed E-state index contributed by atoms with van der Waals surface area (Å²) in [5.41, 5.74) is 1.80. The summed E-state index contributed by atoms with van der Waals surface area (Å²) in [4.78, 5) is 14.2. The van der Waals surface area contributed by atoms with Gasteiger partial charge in [-0.05, 0) is 36.6 Å². The number of nitrogens with zero attached hydrogens (tertiary/aromatic N) is 4. The molecule has 0 amide bonds. The fraction of sp³-hybridized carbons (Fsp3) is 0.222. The lowest BCUT2D eigenvalue weighted by Crippen LogP contribution is -2.27. The molecule has 1 unspecified atom stereocenters. The van der Waals surface area contributed by atoms with E-state index in [2.05, 4.69) is 14.8 Å². The van der Waals surface area contributed by atoms with Gasteiger partial charge in [-0.3, -0.25) is 10.1 Å². The van der Waals surface area contributed by atoms with Crippen molar-refractivity contribution in [2.24, 2.45) is 0 Å². The number of hydrogen-bond acceptors (Lipinski definition) is 6. The average molecular weight is 401 g/mol. The minimum Gasteiger partial charge on any atom is -0.258 e. The Labute approximate surface area is 162 Å². The first-order chi connectivity index (χ1) is 13.3. The lowest BCUT2D eigenvalue weighted by molar-refractivity contribution is -0.385. The summed E-state index contributed by atoms with van der Waals surface area (Å²) in [5.74, 6) is 0. The van der Waals surface area contributed by atoms with Crippen LogP contribution in [0.3, 0.4) is 0 Å². The molecule has 9 nitrogen and oxygen atoms in total. The van der Waals surface area contributed by atoms with Crippen molar-refractivity contribution in [1.29, 1.82) is 0 Å². The highest BCUT2D eigenvalue weighted by molar-refractivity contribution is 7.89. The standard InChI is InChI=1S/C18H19N5O4S/c1-3-14-4-9-17(23(24)25)10-18(14)28(26,27)21-13(2)15-5-7-16(8-6-15)22-12-19-11-20-22/h4-13,21H,3H2,1-2H3. The molecule has 2 aromatic carbocycles. The Morgan fingerprint density at radius 3 is 2.50 bits per heavy atom. The van der Waals surface area contributed by atoms with Gasteiger partial charge in [-0.25, -0.2) is 22.8 Å². The van der Waals surface area contributed by atoms with E-state index >= 15 is 0 Å². The molecule has 1 atom stereocenters. The first kappa shape index (κ1) is 19.6. The first-order valence-corrected chi connectivity index (χ1v) is 10.0. The SMILES string of the molecule is CCc1ccc([N+](=O)[O-])cc1S(=O)(=O)NC(C)c1ccc(-n2cncn2)cc1. The number of nitro groups is 1. The third-order valence-electron chi connectivity index (χ3n) is 4.34. The lowest BCUT2D eigenvalue weighted by atomic mass is 10.1. The van der Waals surface area contributed by atoms with Crippen molar-refractivity contribution in [2.75, 3.05) is 0 Å². The topological polar surface area (TPSA) is 120 Å². The van der Waals surface area contributed by atoms with Gasteiger partial charge in [-0.2, -0.15) is 5.10 Å². The fourth-order valence-electron chi connectivity index (χ4n) is 2.82. The minimum absolute atomic E-state index is 0.0738. The van der Waals surface area contributed by atoms with Crippen LogP contribution >= 0.6 is 0 Å². The lowest BCUT2D eigenvalue weighted by Gasteiger charge is -2.17. The molecule has 0 saturated carbocycles. The van der Waals surface area contributed by atoms with Gasteiger partial charge in [0.15, 0.2) is 0 Å². The summed E-state index contributed by atoms with van der Waals surface area (Å²) in [6.07, 6.45) is 3.43. The van der Waals surface area contributed by atoms with Crippen LogP contribution in [0.15, 0.2) is 60.0 Å². The fourth-order valence-corrected chi connectivity index (χ4v) is 4.38. The molecule has 0 spiro atoms. The summed E-state index contributed by atoms with van der Waals surface area (Å²) < 4.78 is 29.9. The number of rotatable bonds is 7. The molecule has 0 aliphatic heterocycles. The molecule has 1 N–H and O–H groups in total. The van der Waals surface area contributed by atoms with Crippen molar-refractivity contribution in [3.63, 3.8) is 0 Å². The molecule has 3 rings (SSSR count). The maximum atomic E-state index is 12.9. The van der Waals surface area contributed by atoms with E-state index in [1.165, 1.54) is 18.5 Å². The van der Waals surface area contributed by atoms with Crippen molar-refractivity contribution in [2.45, 2.75) is 31.2 Å². The Morgan fingerprint density at radius 1 is 1.21 bits per heavy atom. The Kier molecular flexibility index (Phi) is 5.52. The van der Waals surface area contributed by atoms with Crippen LogP contribution in [0.4, 0.5) is 5.69 Å². The van der Waals surface area contributed by atoms with E-state index in [4.69, 9.17) is 0 Å². The van der Waals surface area contributed by atoms with Crippen molar-refractivity contribution >= 4 is 15.7 Å². The van der Waals surface area contributed by atoms with Gasteiger partial charge in [0.2, 0.25) is 10.0 Å². The second-order valence-corrected chi connectivity index (χ2v) is 7.86. The summed E-state index contributed by atoms with van der Waals surface area (Å²) >= 11 is 0. The zero-order valence-electron chi connectivity index (χ0n) is 15.3. The van der Waals surface area contributed by atoms with Crippen LogP contribution in [0.2, 0.25) is 0 Å². The Morgan fingerprint density at radius 2 is 1.93 bits per heavy atom. The van der Waals surface area contributed by atoms with Gasteiger partial charge < -0.3 is 0 Å². The minimum atomic E-state index is -3.94. The predicted octanol–water partition coefficient (Wildman–Crippen LogP) is 2.78. The summed E-state index contributed by atoms with van der Waals surface area (Å²) in [7, 11) is -3.94. The van der Waals surface area contributed by atoms with Crippen molar-refractivity contribution < 1.29 is 13.3 Å². The molecule has 0 radical (unpaired) electrons. The maximum Gasteiger partial charge on any atom is 0.270 e. The molecule has 0 aliphatic carbocycles. The third-order valence-corrected chi connectivity index (χ3v) is 5.96. The molecule has 10 heteroatoms. The summed E-state index contributed by atoms with van der Waals surface area (Å²) in [6, 6.07) is 10.5. The number of sulfonamides is 1. The van der Waals surface area contributed by atoms with Gasteiger partial charge in [-0.1, -0.05) is 25.1 Å². The monoisotopic (exact) mass is 401 g/mol. The Bertz CT molecular complexity index is 1080. The van der Waals surface area contributed by atoms with Crippen LogP contribution < -0.4 is 4.72 Å². The van der Waals surface area contributed by atoms with Crippen LogP contribution in [0.25, 0.3) is 5.69 Å². The van der Waals surface area contributed by atoms with E-state index in [9.17, 15) is 18.5 Å². The predicted molar refractivity (Wildman–Crippen MR) is 103 cm³/mol. The smallest absolute Gasteiger partial charge is 0.258 e. The maximum absolute atomic E-state index is 12.9. The van der Waals surface area contributed by atoms with Crippen LogP contribution in [0, 0.1) is 10.1 Å². The van der Waals surface area contributed by atoms with E-state index in [1.54, 1.807) is 49.1 Å². The second kappa shape index (κ2) is 7.87. The van der Waals surface area contributed by atoms with Crippen molar-refractivity contribution in [3.8, 4) is 5.69 Å². The third kappa shape index (κ3) is 4.07. The normalized spacial score (nSPS) is 12.6. The van der Waals surface area contributed by atoms with E-state index in [-0.39, 0.29) is 10.6 Å². The van der Waals surface area contributed by atoms with Gasteiger partial charge in [0.25, 0.3) is 5.69 Å². The molecule has 1 aromatic heterocycles. The molecule has 0 fully saturated rings. The second-order valence-electron chi connectivity index (χ2n) is 6.18. The molecule has 0 aliphatic rings. The number of benzene rings is 2. The zero-order valence-corrected chi connectivity index (χ0v) is 16.1. The number of nitro benzene ring substituents is 1. The highest BCUT2D eigenvalue weighted by Crippen LogP contribution is 2.25. The van der Waals surface area contributed by atoms with Gasteiger partial charge in [0.1, 0.15) is 12.7 Å². The Hall–Kier alpha value is -3.11. The summed E-state index contributed by atoms with van der Waals surface area (Å²) in [5, 5.41) is 15.1. The number of aryl methyl sites for hydroxylation is 1. The molecule has 28 heavy (non-hydrogen) atoms. The van der Waals surface area contributed by atoms with E-state index < -0.39 is 21.0 Å². The van der Waals surface area contributed by atoms with E-state index in [0.717, 1.165) is 17.3 Å². The molecule has 146 valence electrons. The largest absolute Gasteiger partial charge is 0.270 e. The van der Waals surface area contributed by atoms with Gasteiger partial charge in [-0.15, -0.1) is 0 Å². The molecule has 1 heterocycles. The van der Waals surface area contributed by atoms with Crippen LogP contribution in [-0.2, 0) is 16.4 Å². The zero-order chi connectivity index (χ0) is 20.3. The molecular weight excluding hydrogens is 382 g/mol. The highest BCUT2D eigenvalue weighted by Gasteiger charge is 2.24. The number of hydrogen-bond donors (Lipinski definition) is 1. The van der Waals surface area contributed by atoms with Crippen molar-refractivity contribution in [1.82, 2.24) is 19.5 Å².